The first-order valence-electron chi connectivity index (χ1n) is 3.56. The summed E-state index contributed by atoms with van der Waals surface area (Å²) in [5.41, 5.74) is 0. The third-order valence-corrected chi connectivity index (χ3v) is 3.65. The van der Waals surface area contributed by atoms with Crippen LogP contribution in [0, 0.1) is 5.92 Å². The van der Waals surface area contributed by atoms with Crippen LogP contribution >= 0.6 is 11.8 Å². The molecule has 0 aromatic rings. The quantitative estimate of drug-likeness (QED) is 0.513. The lowest BCUT2D eigenvalue weighted by molar-refractivity contribution is -0.111. The summed E-state index contributed by atoms with van der Waals surface area (Å²) in [6.07, 6.45) is 4.83. The van der Waals surface area contributed by atoms with E-state index in [2.05, 4.69) is 0 Å². The van der Waals surface area contributed by atoms with Crippen LogP contribution in [0.1, 0.15) is 25.7 Å². The Morgan fingerprint density at radius 2 is 2.33 bits per heavy atom. The van der Waals surface area contributed by atoms with Crippen molar-refractivity contribution in [3.8, 4) is 0 Å². The fourth-order valence-electron chi connectivity index (χ4n) is 1.82. The predicted octanol–water partition coefficient (Wildman–Crippen LogP) is 1.82. The minimum atomic E-state index is 0.435. The van der Waals surface area contributed by atoms with Crippen LogP contribution < -0.4 is 0 Å². The Morgan fingerprint density at radius 3 is 3.11 bits per heavy atom. The van der Waals surface area contributed by atoms with E-state index in [1.807, 2.05) is 0 Å². The molecule has 50 valence electrons. The molecule has 0 aromatic carbocycles. The van der Waals surface area contributed by atoms with Gasteiger partial charge in [-0.1, -0.05) is 18.2 Å². The maximum absolute atomic E-state index is 10.8. The Bertz CT molecular complexity index is 130. The third-order valence-electron chi connectivity index (χ3n) is 2.30. The van der Waals surface area contributed by atoms with E-state index in [-0.39, 0.29) is 0 Å². The molecule has 0 aromatic heterocycles. The van der Waals surface area contributed by atoms with Crippen LogP contribution in [0.5, 0.6) is 0 Å². The van der Waals surface area contributed by atoms with Gasteiger partial charge in [0.2, 0.25) is 0 Å². The monoisotopic (exact) mass is 142 g/mol. The molecular formula is C7H10OS. The van der Waals surface area contributed by atoms with Crippen molar-refractivity contribution in [2.75, 3.05) is 0 Å². The van der Waals surface area contributed by atoms with Gasteiger partial charge in [-0.25, -0.2) is 0 Å². The van der Waals surface area contributed by atoms with Gasteiger partial charge >= 0.3 is 0 Å². The zero-order valence-corrected chi connectivity index (χ0v) is 6.12. The van der Waals surface area contributed by atoms with Crippen molar-refractivity contribution in [2.45, 2.75) is 30.9 Å². The van der Waals surface area contributed by atoms with Crippen LogP contribution in [0.2, 0.25) is 0 Å². The molecule has 0 N–H and O–H groups in total. The van der Waals surface area contributed by atoms with Gasteiger partial charge in [0.15, 0.2) is 5.12 Å². The summed E-state index contributed by atoms with van der Waals surface area (Å²) >= 11 is 1.60. The summed E-state index contributed by atoms with van der Waals surface area (Å²) in [7, 11) is 0. The minimum absolute atomic E-state index is 0.435. The van der Waals surface area contributed by atoms with Gasteiger partial charge in [-0.05, 0) is 18.8 Å². The number of hydrogen-bond acceptors (Lipinski definition) is 2. The molecule has 2 atom stereocenters. The fraction of sp³-hybridized carbons (Fsp3) is 0.857. The zero-order chi connectivity index (χ0) is 6.27. The summed E-state index contributed by atoms with van der Waals surface area (Å²) in [5.74, 6) is 0.766. The number of fused-ring (bicyclic) bond motifs is 1. The van der Waals surface area contributed by atoms with Crippen molar-refractivity contribution < 1.29 is 4.79 Å². The zero-order valence-electron chi connectivity index (χ0n) is 5.30. The average molecular weight is 142 g/mol. The molecule has 0 bridgehead atoms. The molecule has 0 spiro atoms. The van der Waals surface area contributed by atoms with E-state index in [0.29, 0.717) is 5.12 Å². The molecule has 2 aliphatic rings. The average Bonchev–Trinajstić information content (AvgIpc) is 2.22. The predicted molar refractivity (Wildman–Crippen MR) is 38.3 cm³/mol. The highest BCUT2D eigenvalue weighted by Crippen LogP contribution is 2.44. The molecule has 0 radical (unpaired) electrons. The second kappa shape index (κ2) is 2.01. The Labute approximate surface area is 59.2 Å². The van der Waals surface area contributed by atoms with E-state index >= 15 is 0 Å². The van der Waals surface area contributed by atoms with Crippen molar-refractivity contribution >= 4 is 16.9 Å². The fourth-order valence-corrected chi connectivity index (χ4v) is 3.18. The van der Waals surface area contributed by atoms with Gasteiger partial charge in [-0.15, -0.1) is 0 Å². The molecule has 2 unspecified atom stereocenters. The van der Waals surface area contributed by atoms with E-state index in [1.165, 1.54) is 19.3 Å². The van der Waals surface area contributed by atoms with Gasteiger partial charge in [0.05, 0.1) is 0 Å². The number of hydrogen-bond donors (Lipinski definition) is 0. The van der Waals surface area contributed by atoms with Crippen LogP contribution in [0.3, 0.4) is 0 Å². The lowest BCUT2D eigenvalue weighted by atomic mass is 10.1. The van der Waals surface area contributed by atoms with Crippen molar-refractivity contribution in [1.82, 2.24) is 0 Å². The van der Waals surface area contributed by atoms with Gasteiger partial charge < -0.3 is 0 Å². The first-order valence-corrected chi connectivity index (χ1v) is 4.44. The Balaban J connectivity index is 2.09. The molecule has 1 saturated carbocycles. The van der Waals surface area contributed by atoms with Crippen molar-refractivity contribution in [1.29, 1.82) is 0 Å². The summed E-state index contributed by atoms with van der Waals surface area (Å²) in [6, 6.07) is 0. The minimum Gasteiger partial charge on any atom is -0.287 e. The molecule has 2 fully saturated rings. The van der Waals surface area contributed by atoms with Gasteiger partial charge in [-0.2, -0.15) is 0 Å². The molecule has 9 heavy (non-hydrogen) atoms. The van der Waals surface area contributed by atoms with Gasteiger partial charge in [0.1, 0.15) is 0 Å². The van der Waals surface area contributed by atoms with Crippen LogP contribution in [-0.2, 0) is 4.79 Å². The highest BCUT2D eigenvalue weighted by Gasteiger charge is 2.36. The van der Waals surface area contributed by atoms with E-state index in [9.17, 15) is 4.79 Å². The van der Waals surface area contributed by atoms with Crippen LogP contribution in [0.4, 0.5) is 0 Å². The molecular weight excluding hydrogens is 132 g/mol. The van der Waals surface area contributed by atoms with Gasteiger partial charge in [0, 0.05) is 11.7 Å². The maximum atomic E-state index is 10.8. The molecule has 2 heteroatoms. The molecule has 1 aliphatic heterocycles. The van der Waals surface area contributed by atoms with Crippen LogP contribution in [0.15, 0.2) is 0 Å². The first kappa shape index (κ1) is 5.78. The van der Waals surface area contributed by atoms with Crippen LogP contribution in [0.25, 0.3) is 0 Å². The molecule has 2 rings (SSSR count). The van der Waals surface area contributed by atoms with Crippen LogP contribution in [-0.4, -0.2) is 10.4 Å². The van der Waals surface area contributed by atoms with Crippen molar-refractivity contribution in [3.63, 3.8) is 0 Å². The summed E-state index contributed by atoms with van der Waals surface area (Å²) < 4.78 is 0. The number of carbonyl (C=O) groups is 1. The molecule has 0 amide bonds. The van der Waals surface area contributed by atoms with E-state index in [0.717, 1.165) is 17.6 Å². The topological polar surface area (TPSA) is 17.1 Å². The second-order valence-corrected chi connectivity index (χ2v) is 4.22. The second-order valence-electron chi connectivity index (χ2n) is 2.92. The molecule has 1 saturated heterocycles. The maximum Gasteiger partial charge on any atom is 0.189 e. The highest BCUT2D eigenvalue weighted by molar-refractivity contribution is 8.14. The Hall–Kier alpha value is 0.0200. The lowest BCUT2D eigenvalue weighted by Crippen LogP contribution is -2.00. The van der Waals surface area contributed by atoms with E-state index in [4.69, 9.17) is 0 Å². The normalized spacial score (nSPS) is 41.6. The Kier molecular flexibility index (Phi) is 1.29. The summed E-state index contributed by atoms with van der Waals surface area (Å²) in [5, 5.41) is 1.15. The van der Waals surface area contributed by atoms with Gasteiger partial charge in [0.25, 0.3) is 0 Å². The number of rotatable bonds is 0. The third kappa shape index (κ3) is 0.895. The van der Waals surface area contributed by atoms with Crippen molar-refractivity contribution in [3.05, 3.63) is 0 Å². The van der Waals surface area contributed by atoms with Crippen molar-refractivity contribution in [2.24, 2.45) is 5.92 Å². The molecule has 1 nitrogen and oxygen atoms in total. The number of thioether (sulfide) groups is 1. The highest BCUT2D eigenvalue weighted by atomic mass is 32.2. The summed E-state index contributed by atoms with van der Waals surface area (Å²) in [4.78, 5) is 10.8. The SMILES string of the molecule is O=C1CC2CCCC2S1. The van der Waals surface area contributed by atoms with E-state index < -0.39 is 0 Å². The summed E-state index contributed by atoms with van der Waals surface area (Å²) in [6.45, 7) is 0. The lowest BCUT2D eigenvalue weighted by Gasteiger charge is -2.01. The molecule has 1 aliphatic carbocycles. The van der Waals surface area contributed by atoms with E-state index in [1.54, 1.807) is 11.8 Å². The Morgan fingerprint density at radius 1 is 1.44 bits per heavy atom. The smallest absolute Gasteiger partial charge is 0.189 e. The van der Waals surface area contributed by atoms with Gasteiger partial charge in [-0.3, -0.25) is 4.79 Å². The number of carbonyl (C=O) groups excluding carboxylic acids is 1. The standard InChI is InChI=1S/C7H10OS/c8-7-4-5-2-1-3-6(5)9-7/h5-6H,1-4H2. The first-order chi connectivity index (χ1) is 4.36. The largest absolute Gasteiger partial charge is 0.287 e. The molecule has 1 heterocycles.